The molecule has 0 bridgehead atoms. The number of amides is 2. The van der Waals surface area contributed by atoms with Gasteiger partial charge in [-0.05, 0) is 19.3 Å². The van der Waals surface area contributed by atoms with E-state index in [1.54, 1.807) is 24.3 Å². The van der Waals surface area contributed by atoms with E-state index < -0.39 is 0 Å². The summed E-state index contributed by atoms with van der Waals surface area (Å²) in [5.74, 6) is 0.794. The van der Waals surface area contributed by atoms with Gasteiger partial charge in [-0.2, -0.15) is 0 Å². The Kier molecular flexibility index (Phi) is 4.22. The third-order valence-electron chi connectivity index (χ3n) is 4.32. The van der Waals surface area contributed by atoms with Crippen LogP contribution in [0.4, 0.5) is 5.82 Å². The zero-order valence-electron chi connectivity index (χ0n) is 12.8. The van der Waals surface area contributed by atoms with E-state index >= 15 is 0 Å². The van der Waals surface area contributed by atoms with Crippen molar-refractivity contribution in [3.8, 4) is 0 Å². The second-order valence-electron chi connectivity index (χ2n) is 5.74. The molecule has 2 aliphatic heterocycles. The normalized spacial score (nSPS) is 21.5. The summed E-state index contributed by atoms with van der Waals surface area (Å²) in [6.07, 6.45) is 6.64. The van der Waals surface area contributed by atoms with Gasteiger partial charge in [-0.25, -0.2) is 4.98 Å². The predicted molar refractivity (Wildman–Crippen MR) is 81.1 cm³/mol. The van der Waals surface area contributed by atoms with Crippen molar-refractivity contribution in [3.05, 3.63) is 18.1 Å². The van der Waals surface area contributed by atoms with E-state index in [2.05, 4.69) is 15.3 Å². The number of nitrogens with one attached hydrogen (secondary N) is 1. The first-order chi connectivity index (χ1) is 10.7. The fourth-order valence-electron chi connectivity index (χ4n) is 3.16. The number of anilines is 1. The van der Waals surface area contributed by atoms with Crippen molar-refractivity contribution in [3.63, 3.8) is 0 Å². The number of carbonyl (C=O) groups excluding carboxylic acids is 2. The van der Waals surface area contributed by atoms with E-state index in [9.17, 15) is 9.59 Å². The second-order valence-corrected chi connectivity index (χ2v) is 5.74. The first-order valence-corrected chi connectivity index (χ1v) is 7.76. The van der Waals surface area contributed by atoms with Crippen molar-refractivity contribution < 1.29 is 9.59 Å². The lowest BCUT2D eigenvalue weighted by Gasteiger charge is -2.26. The number of aromatic nitrogens is 2. The van der Waals surface area contributed by atoms with E-state index in [0.717, 1.165) is 31.5 Å². The minimum Gasteiger partial charge on any atom is -0.372 e. The van der Waals surface area contributed by atoms with Crippen LogP contribution in [0.25, 0.3) is 0 Å². The van der Waals surface area contributed by atoms with Crippen LogP contribution in [0.1, 0.15) is 37.4 Å². The maximum absolute atomic E-state index is 12.6. The smallest absolute Gasteiger partial charge is 0.242 e. The van der Waals surface area contributed by atoms with Gasteiger partial charge < -0.3 is 15.1 Å². The van der Waals surface area contributed by atoms with Crippen LogP contribution in [0.2, 0.25) is 0 Å². The van der Waals surface area contributed by atoms with Gasteiger partial charge in [0.05, 0.1) is 30.7 Å². The largest absolute Gasteiger partial charge is 0.372 e. The molecule has 0 spiro atoms. The topological polar surface area (TPSA) is 78.4 Å². The Bertz CT molecular complexity index is 577. The van der Waals surface area contributed by atoms with Crippen LogP contribution in [0, 0.1) is 0 Å². The lowest BCUT2D eigenvalue weighted by Crippen LogP contribution is -2.40. The SMILES string of the molecule is CNc1cncc([C@@H]2CCCN2C(=O)CN2CCCC2=O)n1. The molecule has 118 valence electrons. The van der Waals surface area contributed by atoms with Crippen molar-refractivity contribution in [2.45, 2.75) is 31.7 Å². The number of rotatable bonds is 4. The van der Waals surface area contributed by atoms with Crippen molar-refractivity contribution in [1.82, 2.24) is 19.8 Å². The predicted octanol–water partition coefficient (Wildman–Crippen LogP) is 0.804. The van der Waals surface area contributed by atoms with E-state index in [4.69, 9.17) is 0 Å². The molecule has 2 saturated heterocycles. The van der Waals surface area contributed by atoms with E-state index in [1.807, 2.05) is 4.90 Å². The molecule has 1 N–H and O–H groups in total. The first kappa shape index (κ1) is 14.7. The molecule has 1 aromatic rings. The van der Waals surface area contributed by atoms with E-state index in [1.165, 1.54) is 0 Å². The van der Waals surface area contributed by atoms with E-state index in [-0.39, 0.29) is 24.4 Å². The van der Waals surface area contributed by atoms with Crippen LogP contribution in [0.5, 0.6) is 0 Å². The van der Waals surface area contributed by atoms with Gasteiger partial charge in [0.1, 0.15) is 5.82 Å². The minimum atomic E-state index is -0.0361. The first-order valence-electron chi connectivity index (χ1n) is 7.76. The molecule has 7 nitrogen and oxygen atoms in total. The standard InChI is InChI=1S/C15H21N5O2/c1-16-13-9-17-8-11(18-13)12-4-2-7-20(12)15(22)10-19-6-3-5-14(19)21/h8-9,12H,2-7,10H2,1H3,(H,16,18)/t12-/m0/s1. The minimum absolute atomic E-state index is 0.00871. The summed E-state index contributed by atoms with van der Waals surface area (Å²) in [5.41, 5.74) is 0.811. The number of likely N-dealkylation sites (tertiary alicyclic amines) is 2. The molecule has 0 aliphatic carbocycles. The van der Waals surface area contributed by atoms with Gasteiger partial charge in [0, 0.05) is 26.6 Å². The highest BCUT2D eigenvalue weighted by Gasteiger charge is 2.33. The third kappa shape index (κ3) is 2.88. The number of carbonyl (C=O) groups is 2. The van der Waals surface area contributed by atoms with Crippen LogP contribution in [0.15, 0.2) is 12.4 Å². The molecule has 22 heavy (non-hydrogen) atoms. The average Bonchev–Trinajstić information content (AvgIpc) is 3.17. The Morgan fingerprint density at radius 2 is 2.23 bits per heavy atom. The quantitative estimate of drug-likeness (QED) is 0.890. The van der Waals surface area contributed by atoms with Gasteiger partial charge in [-0.3, -0.25) is 14.6 Å². The fraction of sp³-hybridized carbons (Fsp3) is 0.600. The lowest BCUT2D eigenvalue weighted by atomic mass is 10.1. The van der Waals surface area contributed by atoms with Crippen LogP contribution in [-0.4, -0.2) is 58.3 Å². The Labute approximate surface area is 129 Å². The summed E-state index contributed by atoms with van der Waals surface area (Å²) in [5, 5.41) is 2.97. The number of hydrogen-bond donors (Lipinski definition) is 1. The molecular formula is C15H21N5O2. The van der Waals surface area contributed by atoms with Crippen LogP contribution in [0.3, 0.4) is 0 Å². The number of nitrogens with zero attached hydrogens (tertiary/aromatic N) is 4. The Morgan fingerprint density at radius 3 is 2.95 bits per heavy atom. The molecule has 3 rings (SSSR count). The summed E-state index contributed by atoms with van der Waals surface area (Å²) in [7, 11) is 1.80. The highest BCUT2D eigenvalue weighted by molar-refractivity contribution is 5.86. The summed E-state index contributed by atoms with van der Waals surface area (Å²) in [4.78, 5) is 36.4. The van der Waals surface area contributed by atoms with Gasteiger partial charge in [0.25, 0.3) is 0 Å². The molecular weight excluding hydrogens is 282 g/mol. The Balaban J connectivity index is 1.72. The molecule has 0 aromatic carbocycles. The Hall–Kier alpha value is -2.18. The molecule has 1 aromatic heterocycles. The van der Waals surface area contributed by atoms with E-state index in [0.29, 0.717) is 18.8 Å². The van der Waals surface area contributed by atoms with Crippen molar-refractivity contribution in [2.75, 3.05) is 32.0 Å². The summed E-state index contributed by atoms with van der Waals surface area (Å²) < 4.78 is 0. The maximum atomic E-state index is 12.6. The molecule has 1 atom stereocenters. The molecule has 3 heterocycles. The molecule has 2 aliphatic rings. The molecule has 2 fully saturated rings. The van der Waals surface area contributed by atoms with Crippen LogP contribution < -0.4 is 5.32 Å². The lowest BCUT2D eigenvalue weighted by molar-refractivity contribution is -0.139. The second kappa shape index (κ2) is 6.29. The monoisotopic (exact) mass is 303 g/mol. The highest BCUT2D eigenvalue weighted by atomic mass is 16.2. The molecule has 7 heteroatoms. The zero-order chi connectivity index (χ0) is 15.5. The van der Waals surface area contributed by atoms with Gasteiger partial charge in [0.2, 0.25) is 11.8 Å². The summed E-state index contributed by atoms with van der Waals surface area (Å²) >= 11 is 0. The van der Waals surface area contributed by atoms with Crippen molar-refractivity contribution in [2.24, 2.45) is 0 Å². The van der Waals surface area contributed by atoms with Gasteiger partial charge >= 0.3 is 0 Å². The zero-order valence-corrected chi connectivity index (χ0v) is 12.8. The van der Waals surface area contributed by atoms with Crippen molar-refractivity contribution >= 4 is 17.6 Å². The molecule has 2 amide bonds. The fourth-order valence-corrected chi connectivity index (χ4v) is 3.16. The van der Waals surface area contributed by atoms with Gasteiger partial charge in [-0.1, -0.05) is 0 Å². The van der Waals surface area contributed by atoms with Crippen LogP contribution in [-0.2, 0) is 9.59 Å². The van der Waals surface area contributed by atoms with Gasteiger partial charge in [0.15, 0.2) is 0 Å². The maximum Gasteiger partial charge on any atom is 0.242 e. The summed E-state index contributed by atoms with van der Waals surface area (Å²) in [6.45, 7) is 1.60. The highest BCUT2D eigenvalue weighted by Crippen LogP contribution is 2.31. The third-order valence-corrected chi connectivity index (χ3v) is 4.32. The number of hydrogen-bond acceptors (Lipinski definition) is 5. The van der Waals surface area contributed by atoms with Crippen molar-refractivity contribution in [1.29, 1.82) is 0 Å². The summed E-state index contributed by atoms with van der Waals surface area (Å²) in [6, 6.07) is -0.0361. The van der Waals surface area contributed by atoms with Gasteiger partial charge in [-0.15, -0.1) is 0 Å². The Morgan fingerprint density at radius 1 is 1.36 bits per heavy atom. The average molecular weight is 303 g/mol. The molecule has 0 saturated carbocycles. The molecule has 0 radical (unpaired) electrons. The molecule has 0 unspecified atom stereocenters. The van der Waals surface area contributed by atoms with Crippen LogP contribution >= 0.6 is 0 Å².